The van der Waals surface area contributed by atoms with E-state index in [0.717, 1.165) is 17.3 Å². The summed E-state index contributed by atoms with van der Waals surface area (Å²) >= 11 is 4.77. The lowest BCUT2D eigenvalue weighted by molar-refractivity contribution is -0.136. The Balaban J connectivity index is 1.20. The van der Waals surface area contributed by atoms with Crippen LogP contribution in [0, 0.1) is 12.7 Å². The van der Waals surface area contributed by atoms with Crippen molar-refractivity contribution < 1.29 is 27.2 Å². The van der Waals surface area contributed by atoms with Gasteiger partial charge in [-0.15, -0.1) is 0 Å². The SMILES string of the molecule is Cc1nc(N(C)Cc2cc(Br)c3c(c2)CN(C2CCC(=O)NC2=O)C3=O)sc1-c1nc(Nc2cccc(S(N)(=O)=O)c2)ncc1F. The highest BCUT2D eigenvalue weighted by Crippen LogP contribution is 2.37. The Hall–Kier alpha value is -4.32. The number of imide groups is 1. The number of thiazole rings is 1. The molecule has 3 amide bonds. The van der Waals surface area contributed by atoms with Crippen LogP contribution in [0.1, 0.15) is 40.0 Å². The third-order valence-electron chi connectivity index (χ3n) is 7.54. The minimum atomic E-state index is -3.92. The van der Waals surface area contributed by atoms with E-state index in [1.54, 1.807) is 13.0 Å². The monoisotopic (exact) mass is 728 g/mol. The van der Waals surface area contributed by atoms with E-state index in [-0.39, 0.29) is 47.7 Å². The molecule has 0 spiro atoms. The minimum Gasteiger partial charge on any atom is -0.347 e. The summed E-state index contributed by atoms with van der Waals surface area (Å²) in [5, 5.41) is 11.0. The van der Waals surface area contributed by atoms with Gasteiger partial charge in [0.15, 0.2) is 10.9 Å². The number of hydrogen-bond acceptors (Lipinski definition) is 11. The van der Waals surface area contributed by atoms with Crippen LogP contribution in [0.15, 0.2) is 52.0 Å². The molecule has 1 atom stereocenters. The molecule has 13 nitrogen and oxygen atoms in total. The van der Waals surface area contributed by atoms with Crippen molar-refractivity contribution in [3.63, 3.8) is 0 Å². The number of nitrogens with one attached hydrogen (secondary N) is 2. The van der Waals surface area contributed by atoms with Crippen LogP contribution >= 0.6 is 27.3 Å². The van der Waals surface area contributed by atoms with Gasteiger partial charge in [-0.1, -0.05) is 23.5 Å². The van der Waals surface area contributed by atoms with Crippen molar-refractivity contribution in [3.05, 3.63) is 75.3 Å². The first-order chi connectivity index (χ1) is 21.8. The normalized spacial score (nSPS) is 16.4. The summed E-state index contributed by atoms with van der Waals surface area (Å²) in [5.41, 5.74) is 3.06. The van der Waals surface area contributed by atoms with Crippen molar-refractivity contribution in [2.45, 2.75) is 43.8 Å². The van der Waals surface area contributed by atoms with E-state index >= 15 is 4.39 Å². The molecule has 17 heteroatoms. The van der Waals surface area contributed by atoms with Gasteiger partial charge in [0, 0.05) is 36.7 Å². The quantitative estimate of drug-likeness (QED) is 0.227. The fourth-order valence-electron chi connectivity index (χ4n) is 5.38. The summed E-state index contributed by atoms with van der Waals surface area (Å²) in [7, 11) is -2.09. The van der Waals surface area contributed by atoms with E-state index in [2.05, 4.69) is 41.5 Å². The first-order valence-corrected chi connectivity index (χ1v) is 17.0. The van der Waals surface area contributed by atoms with Gasteiger partial charge in [0.1, 0.15) is 11.7 Å². The standard InChI is InChI=1S/C29H26BrFN8O5S2/c1-14-25(24-20(31)11-33-28(37-24)35-17-4-3-5-18(10-17)46(32,43)44)45-29(34-14)38(2)12-15-8-16-13-39(27(42)23(16)19(30)9-15)21-6-7-22(40)36-26(21)41/h3-5,8-11,21H,6-7,12-13H2,1-2H3,(H2,32,43,44)(H,33,35,37)(H,36,40,41). The number of amides is 3. The molecule has 0 radical (unpaired) electrons. The highest BCUT2D eigenvalue weighted by atomic mass is 79.9. The number of rotatable bonds is 8. The molecule has 6 rings (SSSR count). The van der Waals surface area contributed by atoms with E-state index < -0.39 is 27.8 Å². The second kappa shape index (κ2) is 12.1. The summed E-state index contributed by atoms with van der Waals surface area (Å²) in [4.78, 5) is 54.0. The van der Waals surface area contributed by atoms with Crippen molar-refractivity contribution in [1.82, 2.24) is 25.2 Å². The Bertz CT molecular complexity index is 2040. The van der Waals surface area contributed by atoms with Gasteiger partial charge in [-0.05, 0) is 64.7 Å². The third kappa shape index (κ3) is 6.22. The van der Waals surface area contributed by atoms with Crippen LogP contribution in [-0.2, 0) is 32.7 Å². The average molecular weight is 730 g/mol. The predicted molar refractivity (Wildman–Crippen MR) is 171 cm³/mol. The number of sulfonamides is 1. The Morgan fingerprint density at radius 1 is 1.22 bits per heavy atom. The number of halogens is 2. The van der Waals surface area contributed by atoms with Crippen LogP contribution in [0.3, 0.4) is 0 Å². The van der Waals surface area contributed by atoms with E-state index in [1.165, 1.54) is 34.4 Å². The molecule has 2 aromatic carbocycles. The van der Waals surface area contributed by atoms with Crippen LogP contribution in [0.25, 0.3) is 10.6 Å². The summed E-state index contributed by atoms with van der Waals surface area (Å²) in [6, 6.07) is 8.83. The molecular weight excluding hydrogens is 703 g/mol. The molecule has 238 valence electrons. The van der Waals surface area contributed by atoms with Crippen molar-refractivity contribution in [2.75, 3.05) is 17.3 Å². The van der Waals surface area contributed by atoms with Crippen LogP contribution in [0.5, 0.6) is 0 Å². The molecule has 4 N–H and O–H groups in total. The Morgan fingerprint density at radius 3 is 2.74 bits per heavy atom. The van der Waals surface area contributed by atoms with E-state index in [9.17, 15) is 22.8 Å². The van der Waals surface area contributed by atoms with Crippen LogP contribution in [0.4, 0.5) is 21.2 Å². The smallest absolute Gasteiger partial charge is 0.256 e. The molecule has 1 saturated heterocycles. The fourth-order valence-corrected chi connectivity index (χ4v) is 7.68. The first-order valence-electron chi connectivity index (χ1n) is 13.9. The lowest BCUT2D eigenvalue weighted by Crippen LogP contribution is -2.52. The van der Waals surface area contributed by atoms with Gasteiger partial charge in [-0.2, -0.15) is 0 Å². The summed E-state index contributed by atoms with van der Waals surface area (Å²) < 4.78 is 39.0. The molecule has 1 fully saturated rings. The Kier molecular flexibility index (Phi) is 8.34. The number of nitrogens with zero attached hydrogens (tertiary/aromatic N) is 5. The molecular formula is C29H26BrFN8O5S2. The van der Waals surface area contributed by atoms with E-state index in [4.69, 9.17) is 5.14 Å². The van der Waals surface area contributed by atoms with Gasteiger partial charge >= 0.3 is 0 Å². The topological polar surface area (TPSA) is 181 Å². The van der Waals surface area contributed by atoms with Gasteiger partial charge in [0.2, 0.25) is 27.8 Å². The molecule has 4 aromatic rings. The van der Waals surface area contributed by atoms with Crippen molar-refractivity contribution >= 4 is 71.8 Å². The number of carbonyl (C=O) groups is 3. The zero-order valence-electron chi connectivity index (χ0n) is 24.4. The predicted octanol–water partition coefficient (Wildman–Crippen LogP) is 3.60. The minimum absolute atomic E-state index is 0.0297. The number of nitrogens with two attached hydrogens (primary N) is 1. The second-order valence-electron chi connectivity index (χ2n) is 10.9. The number of anilines is 3. The maximum Gasteiger partial charge on any atom is 0.256 e. The zero-order chi connectivity index (χ0) is 32.9. The molecule has 2 aliphatic rings. The molecule has 0 aliphatic carbocycles. The van der Waals surface area contributed by atoms with Crippen molar-refractivity contribution in [3.8, 4) is 10.6 Å². The molecule has 0 bridgehead atoms. The number of fused-ring (bicyclic) bond motifs is 1. The number of hydrogen-bond donors (Lipinski definition) is 3. The number of aromatic nitrogens is 3. The summed E-state index contributed by atoms with van der Waals surface area (Å²) in [5.74, 6) is -1.69. The molecule has 2 aromatic heterocycles. The highest BCUT2D eigenvalue weighted by Gasteiger charge is 2.40. The van der Waals surface area contributed by atoms with Gasteiger partial charge in [-0.25, -0.2) is 32.9 Å². The maximum absolute atomic E-state index is 15.0. The maximum atomic E-state index is 15.0. The average Bonchev–Trinajstić information content (AvgIpc) is 3.53. The Labute approximate surface area is 275 Å². The van der Waals surface area contributed by atoms with Crippen LogP contribution in [0.2, 0.25) is 0 Å². The Morgan fingerprint density at radius 2 is 2.00 bits per heavy atom. The summed E-state index contributed by atoms with van der Waals surface area (Å²) in [6.07, 6.45) is 1.48. The lowest BCUT2D eigenvalue weighted by atomic mass is 10.0. The number of benzene rings is 2. The molecule has 2 aliphatic heterocycles. The van der Waals surface area contributed by atoms with Gasteiger partial charge in [0.05, 0.1) is 27.2 Å². The van der Waals surface area contributed by atoms with Gasteiger partial charge in [0.25, 0.3) is 5.91 Å². The van der Waals surface area contributed by atoms with E-state index in [1.807, 2.05) is 24.1 Å². The third-order valence-corrected chi connectivity index (χ3v) is 10.4. The van der Waals surface area contributed by atoms with Crippen molar-refractivity contribution in [1.29, 1.82) is 0 Å². The van der Waals surface area contributed by atoms with E-state index in [0.29, 0.717) is 38.0 Å². The second-order valence-corrected chi connectivity index (χ2v) is 14.3. The molecule has 46 heavy (non-hydrogen) atoms. The first kappa shape index (κ1) is 31.7. The highest BCUT2D eigenvalue weighted by molar-refractivity contribution is 9.10. The largest absolute Gasteiger partial charge is 0.347 e. The molecule has 4 heterocycles. The molecule has 0 saturated carbocycles. The number of primary sulfonamides is 1. The van der Waals surface area contributed by atoms with Crippen LogP contribution < -0.4 is 20.7 Å². The molecule has 1 unspecified atom stereocenters. The zero-order valence-corrected chi connectivity index (χ0v) is 27.6. The number of piperidine rings is 1. The lowest BCUT2D eigenvalue weighted by Gasteiger charge is -2.29. The number of aryl methyl sites for hydroxylation is 1. The van der Waals surface area contributed by atoms with Crippen LogP contribution in [-0.4, -0.2) is 59.1 Å². The fraction of sp³-hybridized carbons (Fsp3) is 0.241. The van der Waals surface area contributed by atoms with Gasteiger partial charge in [-0.3, -0.25) is 19.7 Å². The summed E-state index contributed by atoms with van der Waals surface area (Å²) in [6.45, 7) is 2.39. The van der Waals surface area contributed by atoms with Crippen molar-refractivity contribution in [2.24, 2.45) is 5.14 Å². The number of carbonyl (C=O) groups excluding carboxylic acids is 3. The van der Waals surface area contributed by atoms with Gasteiger partial charge < -0.3 is 15.1 Å².